The summed E-state index contributed by atoms with van der Waals surface area (Å²) in [5.41, 5.74) is 2.64. The number of nitrogens with zero attached hydrogens (tertiary/aromatic N) is 1. The second-order valence-electron chi connectivity index (χ2n) is 5.88. The summed E-state index contributed by atoms with van der Waals surface area (Å²) in [5.74, 6) is 0.688. The molecular formula is C21H21NO4S. The van der Waals surface area contributed by atoms with Crippen LogP contribution in [0.2, 0.25) is 0 Å². The van der Waals surface area contributed by atoms with Gasteiger partial charge in [-0.1, -0.05) is 60.2 Å². The Bertz CT molecular complexity index is 859. The van der Waals surface area contributed by atoms with Crippen LogP contribution in [0.1, 0.15) is 22.8 Å². The van der Waals surface area contributed by atoms with Gasteiger partial charge in [-0.25, -0.2) is 0 Å². The number of nitro groups is 1. The van der Waals surface area contributed by atoms with Crippen molar-refractivity contribution in [1.29, 1.82) is 0 Å². The van der Waals surface area contributed by atoms with E-state index < -0.39 is 4.92 Å². The predicted octanol–water partition coefficient (Wildman–Crippen LogP) is 4.53. The molecule has 0 aliphatic rings. The Morgan fingerprint density at radius 3 is 2.59 bits per heavy atom. The molecule has 1 N–H and O–H groups in total. The highest BCUT2D eigenvalue weighted by Gasteiger charge is 2.16. The summed E-state index contributed by atoms with van der Waals surface area (Å²) in [7, 11) is 0. The molecule has 0 aromatic heterocycles. The van der Waals surface area contributed by atoms with Crippen molar-refractivity contribution in [2.45, 2.75) is 6.92 Å². The number of aliphatic hydroxyl groups excluding tert-OH is 1. The van der Waals surface area contributed by atoms with Crippen LogP contribution in [0.25, 0.3) is 6.08 Å². The minimum absolute atomic E-state index is 0.0295. The van der Waals surface area contributed by atoms with Gasteiger partial charge in [-0.2, -0.15) is 11.8 Å². The molecule has 0 heterocycles. The Labute approximate surface area is 162 Å². The molecule has 2 aromatic carbocycles. The predicted molar refractivity (Wildman–Crippen MR) is 110 cm³/mol. The van der Waals surface area contributed by atoms with Crippen LogP contribution >= 0.6 is 11.8 Å². The fourth-order valence-corrected chi connectivity index (χ4v) is 3.20. The molecule has 0 unspecified atom stereocenters. The van der Waals surface area contributed by atoms with E-state index in [2.05, 4.69) is 0 Å². The number of ketones is 1. The number of thioether (sulfide) groups is 1. The number of aliphatic hydroxyl groups is 1. The van der Waals surface area contributed by atoms with E-state index in [0.29, 0.717) is 17.1 Å². The maximum atomic E-state index is 12.9. The van der Waals surface area contributed by atoms with Crippen molar-refractivity contribution in [3.63, 3.8) is 0 Å². The first-order chi connectivity index (χ1) is 13.0. The molecule has 0 saturated heterocycles. The van der Waals surface area contributed by atoms with E-state index >= 15 is 0 Å². The molecule has 0 aliphatic carbocycles. The van der Waals surface area contributed by atoms with Crippen molar-refractivity contribution in [3.05, 3.63) is 93.1 Å². The molecular weight excluding hydrogens is 362 g/mol. The second-order valence-corrected chi connectivity index (χ2v) is 6.99. The first-order valence-electron chi connectivity index (χ1n) is 8.43. The van der Waals surface area contributed by atoms with Crippen molar-refractivity contribution < 1.29 is 14.8 Å². The molecule has 2 rings (SSSR count). The number of nitro benzene ring substituents is 1. The molecule has 0 bridgehead atoms. The van der Waals surface area contributed by atoms with Gasteiger partial charge in [0.05, 0.1) is 11.5 Å². The molecule has 6 heteroatoms. The van der Waals surface area contributed by atoms with E-state index in [4.69, 9.17) is 5.11 Å². The van der Waals surface area contributed by atoms with E-state index in [-0.39, 0.29) is 23.6 Å². The number of rotatable bonds is 9. The van der Waals surface area contributed by atoms with Gasteiger partial charge in [-0.3, -0.25) is 14.9 Å². The van der Waals surface area contributed by atoms with Gasteiger partial charge in [0.25, 0.3) is 5.69 Å². The van der Waals surface area contributed by atoms with Gasteiger partial charge >= 0.3 is 0 Å². The third-order valence-corrected chi connectivity index (χ3v) is 4.69. The zero-order valence-corrected chi connectivity index (χ0v) is 15.8. The lowest BCUT2D eigenvalue weighted by molar-refractivity contribution is -0.384. The number of benzene rings is 2. The van der Waals surface area contributed by atoms with Crippen molar-refractivity contribution >= 4 is 29.3 Å². The van der Waals surface area contributed by atoms with Crippen LogP contribution in [0, 0.1) is 10.1 Å². The molecule has 0 aliphatic heterocycles. The molecule has 0 saturated carbocycles. The number of carbonyl (C=O) groups is 1. The summed E-state index contributed by atoms with van der Waals surface area (Å²) in [6, 6.07) is 15.5. The lowest BCUT2D eigenvalue weighted by Crippen LogP contribution is -2.07. The normalized spacial score (nSPS) is 12.1. The Morgan fingerprint density at radius 1 is 1.19 bits per heavy atom. The largest absolute Gasteiger partial charge is 0.396 e. The average Bonchev–Trinajstić information content (AvgIpc) is 2.67. The summed E-state index contributed by atoms with van der Waals surface area (Å²) < 4.78 is 0. The van der Waals surface area contributed by atoms with E-state index in [1.54, 1.807) is 12.1 Å². The SMILES string of the molecule is CC(=C\c1ccccc1)/C=C(/CSCCO)C(=O)c1cccc([N+](=O)[O-])c1. The summed E-state index contributed by atoms with van der Waals surface area (Å²) in [5, 5.41) is 20.0. The van der Waals surface area contributed by atoms with Crippen LogP contribution in [0.5, 0.6) is 0 Å². The third-order valence-electron chi connectivity index (χ3n) is 3.70. The van der Waals surface area contributed by atoms with Crippen molar-refractivity contribution in [2.75, 3.05) is 18.1 Å². The number of allylic oxidation sites excluding steroid dienone is 2. The summed E-state index contributed by atoms with van der Waals surface area (Å²) in [6.07, 6.45) is 3.77. The number of carbonyl (C=O) groups excluding carboxylic acids is 1. The molecule has 0 spiro atoms. The average molecular weight is 383 g/mol. The highest BCUT2D eigenvalue weighted by atomic mass is 32.2. The third kappa shape index (κ3) is 6.51. The van der Waals surface area contributed by atoms with Gasteiger partial charge in [0.1, 0.15) is 0 Å². The highest BCUT2D eigenvalue weighted by molar-refractivity contribution is 7.99. The van der Waals surface area contributed by atoms with E-state index in [1.807, 2.05) is 43.3 Å². The summed E-state index contributed by atoms with van der Waals surface area (Å²) in [6.45, 7) is 1.94. The molecule has 27 heavy (non-hydrogen) atoms. The Kier molecular flexibility index (Phi) is 7.98. The molecule has 0 radical (unpaired) electrons. The zero-order valence-electron chi connectivity index (χ0n) is 15.0. The monoisotopic (exact) mass is 383 g/mol. The maximum Gasteiger partial charge on any atom is 0.270 e. The Morgan fingerprint density at radius 2 is 1.93 bits per heavy atom. The molecule has 0 fully saturated rings. The fourth-order valence-electron chi connectivity index (χ4n) is 2.49. The lowest BCUT2D eigenvalue weighted by Gasteiger charge is -2.08. The minimum atomic E-state index is -0.513. The zero-order chi connectivity index (χ0) is 19.6. The smallest absolute Gasteiger partial charge is 0.270 e. The van der Waals surface area contributed by atoms with Crippen LogP contribution in [0.3, 0.4) is 0 Å². The van der Waals surface area contributed by atoms with Gasteiger partial charge in [-0.15, -0.1) is 0 Å². The second kappa shape index (κ2) is 10.4. The highest BCUT2D eigenvalue weighted by Crippen LogP contribution is 2.20. The number of Topliss-reactive ketones (excluding diaryl/α,β-unsaturated/α-hetero) is 1. The van der Waals surface area contributed by atoms with Crippen LogP contribution < -0.4 is 0 Å². The van der Waals surface area contributed by atoms with Gasteiger partial charge < -0.3 is 5.11 Å². The van der Waals surface area contributed by atoms with Gasteiger partial charge in [-0.05, 0) is 12.5 Å². The van der Waals surface area contributed by atoms with Crippen LogP contribution in [-0.4, -0.2) is 33.9 Å². The molecule has 0 atom stereocenters. The minimum Gasteiger partial charge on any atom is -0.396 e. The molecule has 140 valence electrons. The quantitative estimate of drug-likeness (QED) is 0.172. The fraction of sp³-hybridized carbons (Fsp3) is 0.190. The lowest BCUT2D eigenvalue weighted by atomic mass is 10.0. The van der Waals surface area contributed by atoms with Gasteiger partial charge in [0, 0.05) is 34.8 Å². The van der Waals surface area contributed by atoms with Gasteiger partial charge in [0.15, 0.2) is 5.78 Å². The molecule has 0 amide bonds. The molecule has 5 nitrogen and oxygen atoms in total. The number of hydrogen-bond donors (Lipinski definition) is 1. The topological polar surface area (TPSA) is 80.4 Å². The van der Waals surface area contributed by atoms with E-state index in [9.17, 15) is 14.9 Å². The first-order valence-corrected chi connectivity index (χ1v) is 9.58. The van der Waals surface area contributed by atoms with Crippen molar-refractivity contribution in [2.24, 2.45) is 0 Å². The number of non-ortho nitro benzene ring substituents is 1. The maximum absolute atomic E-state index is 12.9. The van der Waals surface area contributed by atoms with Crippen LogP contribution in [0.4, 0.5) is 5.69 Å². The summed E-state index contributed by atoms with van der Waals surface area (Å²) >= 11 is 1.44. The van der Waals surface area contributed by atoms with E-state index in [0.717, 1.165) is 11.1 Å². The van der Waals surface area contributed by atoms with Crippen LogP contribution in [-0.2, 0) is 0 Å². The van der Waals surface area contributed by atoms with E-state index in [1.165, 1.54) is 30.0 Å². The Balaban J connectivity index is 2.32. The molecule has 2 aromatic rings. The Hall–Kier alpha value is -2.70. The van der Waals surface area contributed by atoms with Gasteiger partial charge in [0.2, 0.25) is 0 Å². The standard InChI is InChI=1S/C21H21NO4S/c1-16(12-17-6-3-2-4-7-17)13-19(15-27-11-10-23)21(24)18-8-5-9-20(14-18)22(25)26/h2-9,12-14,23H,10-11,15H2,1H3/b16-12+,19-13-. The van der Waals surface area contributed by atoms with Crippen molar-refractivity contribution in [1.82, 2.24) is 0 Å². The summed E-state index contributed by atoms with van der Waals surface area (Å²) in [4.78, 5) is 23.4. The van der Waals surface area contributed by atoms with Crippen molar-refractivity contribution in [3.8, 4) is 0 Å². The first kappa shape index (κ1) is 20.6. The number of hydrogen-bond acceptors (Lipinski definition) is 5. The van der Waals surface area contributed by atoms with Crippen LogP contribution in [0.15, 0.2) is 71.8 Å².